The molecule has 11 heteroatoms. The van der Waals surface area contributed by atoms with Gasteiger partial charge in [0.1, 0.15) is 11.3 Å². The highest BCUT2D eigenvalue weighted by atomic mass is 31.2. The predicted octanol–water partition coefficient (Wildman–Crippen LogP) is 2.42. The molecule has 10 nitrogen and oxygen atoms in total. The Kier molecular flexibility index (Phi) is 6.80. The van der Waals surface area contributed by atoms with Gasteiger partial charge in [-0.3, -0.25) is 9.05 Å². The van der Waals surface area contributed by atoms with E-state index >= 15 is 0 Å². The van der Waals surface area contributed by atoms with Gasteiger partial charge in [-0.1, -0.05) is 0 Å². The quantitative estimate of drug-likeness (QED) is 0.582. The van der Waals surface area contributed by atoms with E-state index in [1.54, 1.807) is 13.8 Å². The van der Waals surface area contributed by atoms with Crippen LogP contribution in [0, 0.1) is 20.8 Å². The van der Waals surface area contributed by atoms with Crippen molar-refractivity contribution in [1.82, 2.24) is 24.9 Å². The zero-order chi connectivity index (χ0) is 20.2. The Labute approximate surface area is 158 Å². The van der Waals surface area contributed by atoms with E-state index in [0.29, 0.717) is 17.9 Å². The number of carbonyl (C=O) groups excluding carboxylic acids is 1. The highest BCUT2D eigenvalue weighted by Crippen LogP contribution is 2.43. The summed E-state index contributed by atoms with van der Waals surface area (Å²) in [5.74, 6) is 1.15. The third-order valence-electron chi connectivity index (χ3n) is 4.04. The van der Waals surface area contributed by atoms with Gasteiger partial charge in [-0.15, -0.1) is 0 Å². The Morgan fingerprint density at radius 1 is 1.19 bits per heavy atom. The highest BCUT2D eigenvalue weighted by Gasteiger charge is 2.26. The number of urea groups is 1. The molecule has 0 bridgehead atoms. The number of amides is 2. The molecule has 0 aliphatic carbocycles. The number of hydrogen-bond acceptors (Lipinski definition) is 7. The van der Waals surface area contributed by atoms with E-state index < -0.39 is 13.8 Å². The van der Waals surface area contributed by atoms with Crippen LogP contribution in [-0.2, 0) is 20.2 Å². The number of anilines is 1. The minimum Gasteiger partial charge on any atom is -0.382 e. The van der Waals surface area contributed by atoms with Crippen LogP contribution in [0.3, 0.4) is 0 Å². The maximum absolute atomic E-state index is 12.3. The lowest BCUT2D eigenvalue weighted by atomic mass is 10.2. The van der Waals surface area contributed by atoms with Crippen molar-refractivity contribution in [3.05, 3.63) is 17.1 Å². The number of hydrogen-bond donors (Lipinski definition) is 3. The summed E-state index contributed by atoms with van der Waals surface area (Å²) in [4.78, 5) is 20.8. The molecule has 4 N–H and O–H groups in total. The number of rotatable bonds is 8. The molecule has 0 aromatic carbocycles. The molecule has 2 aromatic heterocycles. The highest BCUT2D eigenvalue weighted by molar-refractivity contribution is 7.52. The minimum absolute atomic E-state index is 0.159. The largest absolute Gasteiger partial charge is 0.436 e. The summed E-state index contributed by atoms with van der Waals surface area (Å²) in [6, 6.07) is -0.628. The Hall–Kier alpha value is -2.16. The molecule has 0 aliphatic rings. The molecule has 0 atom stereocenters. The van der Waals surface area contributed by atoms with Gasteiger partial charge in [0.2, 0.25) is 0 Å². The lowest BCUT2D eigenvalue weighted by Crippen LogP contribution is -2.36. The molecule has 2 rings (SSSR count). The summed E-state index contributed by atoms with van der Waals surface area (Å²) >= 11 is 0. The van der Waals surface area contributed by atoms with Crippen LogP contribution in [0.2, 0.25) is 0 Å². The van der Waals surface area contributed by atoms with Crippen LogP contribution in [0.1, 0.15) is 30.9 Å². The normalized spacial score (nSPS) is 11.7. The third-order valence-corrected chi connectivity index (χ3v) is 5.72. The Bertz CT molecular complexity index is 872. The maximum Gasteiger partial charge on any atom is 0.436 e. The number of fused-ring (bicyclic) bond motifs is 1. The van der Waals surface area contributed by atoms with Crippen molar-refractivity contribution in [3.63, 3.8) is 0 Å². The van der Waals surface area contributed by atoms with Crippen molar-refractivity contribution in [2.75, 3.05) is 25.5 Å². The van der Waals surface area contributed by atoms with E-state index in [0.717, 1.165) is 22.6 Å². The van der Waals surface area contributed by atoms with E-state index in [2.05, 4.69) is 20.4 Å². The van der Waals surface area contributed by atoms with Gasteiger partial charge in [0.05, 0.1) is 18.7 Å². The van der Waals surface area contributed by atoms with Crippen molar-refractivity contribution in [2.45, 2.75) is 41.2 Å². The zero-order valence-electron chi connectivity index (χ0n) is 16.3. The van der Waals surface area contributed by atoms with Crippen molar-refractivity contribution in [2.24, 2.45) is 0 Å². The average molecular weight is 398 g/mol. The van der Waals surface area contributed by atoms with E-state index in [-0.39, 0.29) is 19.8 Å². The zero-order valence-corrected chi connectivity index (χ0v) is 17.2. The first-order valence-electron chi connectivity index (χ1n) is 8.77. The van der Waals surface area contributed by atoms with E-state index in [9.17, 15) is 9.36 Å². The van der Waals surface area contributed by atoms with Gasteiger partial charge in [0.25, 0.3) is 0 Å². The van der Waals surface area contributed by atoms with E-state index in [1.165, 1.54) is 0 Å². The fraction of sp³-hybridized carbons (Fsp3) is 0.562. The topological polar surface area (TPSA) is 133 Å². The smallest absolute Gasteiger partial charge is 0.382 e. The van der Waals surface area contributed by atoms with Crippen molar-refractivity contribution in [3.8, 4) is 0 Å². The summed E-state index contributed by atoms with van der Waals surface area (Å²) < 4.78 is 24.4. The van der Waals surface area contributed by atoms with Crippen LogP contribution < -0.4 is 16.1 Å². The molecule has 0 radical (unpaired) electrons. The average Bonchev–Trinajstić information content (AvgIpc) is 2.90. The van der Waals surface area contributed by atoms with Crippen LogP contribution in [0.5, 0.6) is 0 Å². The van der Waals surface area contributed by atoms with Gasteiger partial charge in [-0.2, -0.15) is 0 Å². The molecule has 27 heavy (non-hydrogen) atoms. The lowest BCUT2D eigenvalue weighted by molar-refractivity contribution is 0.206. The molecular formula is C16H27N6O4P. The fourth-order valence-electron chi connectivity index (χ4n) is 2.77. The number of nitrogens with one attached hydrogen (secondary N) is 2. The second-order valence-electron chi connectivity index (χ2n) is 5.92. The Balaban J connectivity index is 2.08. The number of aryl methyl sites for hydroxylation is 3. The molecule has 0 fully saturated rings. The van der Waals surface area contributed by atoms with Crippen molar-refractivity contribution in [1.29, 1.82) is 0 Å². The first-order valence-corrected chi connectivity index (χ1v) is 10.3. The van der Waals surface area contributed by atoms with Crippen LogP contribution in [0.15, 0.2) is 0 Å². The van der Waals surface area contributed by atoms with Crippen LogP contribution in [0.4, 0.5) is 10.6 Å². The van der Waals surface area contributed by atoms with Crippen LogP contribution >= 0.6 is 7.75 Å². The molecule has 150 valence electrons. The number of pyridine rings is 1. The molecule has 0 saturated heterocycles. The van der Waals surface area contributed by atoms with Crippen LogP contribution in [0.25, 0.3) is 11.0 Å². The number of aromatic nitrogens is 3. The molecular weight excluding hydrogens is 371 g/mol. The minimum atomic E-state index is -3.65. The third kappa shape index (κ3) is 4.77. The summed E-state index contributed by atoms with van der Waals surface area (Å²) in [6.07, 6.45) is 0. The Morgan fingerprint density at radius 2 is 1.81 bits per heavy atom. The number of carbonyl (C=O) groups is 1. The molecule has 0 saturated carbocycles. The second kappa shape index (κ2) is 8.69. The first kappa shape index (κ1) is 21.1. The van der Waals surface area contributed by atoms with Gasteiger partial charge >= 0.3 is 13.8 Å². The first-order chi connectivity index (χ1) is 12.7. The van der Waals surface area contributed by atoms with E-state index in [1.807, 2.05) is 25.3 Å². The van der Waals surface area contributed by atoms with Crippen LogP contribution in [-0.4, -0.2) is 40.3 Å². The number of nitrogens with zero attached hydrogens (tertiary/aromatic N) is 3. The SMILES string of the molecule is CCOP(=O)(NC(=O)NCCn1c(C)nc2c(N)nc(C)c(C)c21)OCC. The van der Waals surface area contributed by atoms with Gasteiger partial charge in [-0.25, -0.2) is 24.4 Å². The molecule has 0 unspecified atom stereocenters. The molecule has 2 amide bonds. The monoisotopic (exact) mass is 398 g/mol. The maximum atomic E-state index is 12.3. The molecule has 0 aliphatic heterocycles. The van der Waals surface area contributed by atoms with E-state index in [4.69, 9.17) is 14.8 Å². The fourth-order valence-corrected chi connectivity index (χ4v) is 3.98. The number of nitrogen functional groups attached to an aromatic ring is 1. The summed E-state index contributed by atoms with van der Waals surface area (Å²) in [5.41, 5.74) is 9.36. The molecule has 2 heterocycles. The Morgan fingerprint density at radius 3 is 2.41 bits per heavy atom. The van der Waals surface area contributed by atoms with Gasteiger partial charge in [-0.05, 0) is 40.2 Å². The predicted molar refractivity (Wildman–Crippen MR) is 104 cm³/mol. The standard InChI is InChI=1S/C16H27N6O4P/c1-6-25-27(24,26-7-2)21-16(23)18-8-9-22-12(5)20-13-14(22)10(3)11(4)19-15(13)17/h6-9H2,1-5H3,(H2,17,19)(H2,18,21,23,24). The summed E-state index contributed by atoms with van der Waals surface area (Å²) in [6.45, 7) is 10.1. The number of nitrogens with two attached hydrogens (primary N) is 1. The lowest BCUT2D eigenvalue weighted by Gasteiger charge is -2.18. The van der Waals surface area contributed by atoms with Crippen molar-refractivity contribution < 1.29 is 18.4 Å². The summed E-state index contributed by atoms with van der Waals surface area (Å²) in [5, 5.41) is 4.92. The van der Waals surface area contributed by atoms with Gasteiger partial charge < -0.3 is 15.6 Å². The molecule has 0 spiro atoms. The number of imidazole rings is 1. The van der Waals surface area contributed by atoms with Crippen molar-refractivity contribution >= 4 is 30.6 Å². The summed E-state index contributed by atoms with van der Waals surface area (Å²) in [7, 11) is -3.65. The van der Waals surface area contributed by atoms with Gasteiger partial charge in [0, 0.05) is 18.8 Å². The van der Waals surface area contributed by atoms with Gasteiger partial charge in [0.15, 0.2) is 5.82 Å². The molecule has 2 aromatic rings. The second-order valence-corrected chi connectivity index (χ2v) is 7.65.